The molecule has 164 valence electrons. The number of carbonyl (C=O) groups excluding carboxylic acids is 2. The number of halogens is 1. The van der Waals surface area contributed by atoms with Gasteiger partial charge < -0.3 is 19.9 Å². The Labute approximate surface area is 190 Å². The van der Waals surface area contributed by atoms with Crippen LogP contribution in [-0.2, 0) is 4.79 Å². The molecule has 1 saturated heterocycles. The van der Waals surface area contributed by atoms with E-state index in [0.717, 1.165) is 4.47 Å². The molecule has 1 saturated carbocycles. The van der Waals surface area contributed by atoms with Gasteiger partial charge in [0.05, 0.1) is 11.9 Å². The number of rotatable bonds is 5. The van der Waals surface area contributed by atoms with E-state index < -0.39 is 0 Å². The van der Waals surface area contributed by atoms with Crippen LogP contribution in [0.3, 0.4) is 0 Å². The number of amides is 3. The van der Waals surface area contributed by atoms with Crippen LogP contribution in [0.2, 0.25) is 0 Å². The highest BCUT2D eigenvalue weighted by Gasteiger charge is 2.26. The number of hydrogen-bond donors (Lipinski definition) is 1. The molecule has 8 heteroatoms. The lowest BCUT2D eigenvalue weighted by atomic mass is 10.0. The molecule has 0 unspecified atom stereocenters. The van der Waals surface area contributed by atoms with Gasteiger partial charge in [-0.1, -0.05) is 34.8 Å². The maximum Gasteiger partial charge on any atom is 0.322 e. The van der Waals surface area contributed by atoms with Crippen molar-refractivity contribution in [3.63, 3.8) is 0 Å². The Morgan fingerprint density at radius 2 is 1.81 bits per heavy atom. The Kier molecular flexibility index (Phi) is 7.06. The number of ether oxygens (including phenoxy) is 1. The third-order valence-corrected chi connectivity index (χ3v) is 6.36. The molecular weight excluding hydrogens is 460 g/mol. The fourth-order valence-electron chi connectivity index (χ4n) is 4.12. The predicted octanol–water partition coefficient (Wildman–Crippen LogP) is 4.89. The first kappa shape index (κ1) is 21.6. The molecule has 0 radical (unpaired) electrons. The summed E-state index contributed by atoms with van der Waals surface area (Å²) in [6.45, 7) is 2.27. The van der Waals surface area contributed by atoms with Gasteiger partial charge in [0.1, 0.15) is 5.75 Å². The first-order chi connectivity index (χ1) is 15.1. The third kappa shape index (κ3) is 5.97. The SMILES string of the molecule is O=C(CC1CCCC1)N1CCN(C(=O)Nc2ccc(Oc3cccc(Br)c3)nc2)CC1. The normalized spacial score (nSPS) is 16.9. The van der Waals surface area contributed by atoms with Crippen molar-refractivity contribution in [1.82, 2.24) is 14.8 Å². The van der Waals surface area contributed by atoms with E-state index in [2.05, 4.69) is 26.2 Å². The lowest BCUT2D eigenvalue weighted by molar-refractivity contribution is -0.133. The van der Waals surface area contributed by atoms with Crippen LogP contribution in [0, 0.1) is 5.92 Å². The Bertz CT molecular complexity index is 907. The quantitative estimate of drug-likeness (QED) is 0.652. The molecule has 1 N–H and O–H groups in total. The van der Waals surface area contributed by atoms with Crippen molar-refractivity contribution in [2.75, 3.05) is 31.5 Å². The van der Waals surface area contributed by atoms with Gasteiger partial charge in [0.15, 0.2) is 0 Å². The zero-order chi connectivity index (χ0) is 21.6. The fraction of sp³-hybridized carbons (Fsp3) is 0.435. The minimum atomic E-state index is -0.176. The van der Waals surface area contributed by atoms with Gasteiger partial charge in [0.25, 0.3) is 0 Å². The van der Waals surface area contributed by atoms with Crippen LogP contribution in [0.1, 0.15) is 32.1 Å². The maximum atomic E-state index is 12.6. The van der Waals surface area contributed by atoms with Gasteiger partial charge in [-0.05, 0) is 43.0 Å². The second-order valence-corrected chi connectivity index (χ2v) is 9.01. The van der Waals surface area contributed by atoms with E-state index in [1.54, 1.807) is 23.2 Å². The topological polar surface area (TPSA) is 74.8 Å². The molecule has 4 rings (SSSR count). The number of nitrogens with one attached hydrogen (secondary N) is 1. The minimum absolute atomic E-state index is 0.176. The van der Waals surface area contributed by atoms with Crippen LogP contribution in [0.5, 0.6) is 11.6 Å². The van der Waals surface area contributed by atoms with Gasteiger partial charge in [-0.3, -0.25) is 4.79 Å². The first-order valence-electron chi connectivity index (χ1n) is 10.8. The molecule has 1 aromatic heterocycles. The maximum absolute atomic E-state index is 12.6. The third-order valence-electron chi connectivity index (χ3n) is 5.86. The fourth-order valence-corrected chi connectivity index (χ4v) is 4.50. The molecule has 2 fully saturated rings. The minimum Gasteiger partial charge on any atom is -0.439 e. The number of nitrogens with zero attached hydrogens (tertiary/aromatic N) is 3. The number of urea groups is 1. The highest BCUT2D eigenvalue weighted by molar-refractivity contribution is 9.10. The number of carbonyl (C=O) groups is 2. The van der Waals surface area contributed by atoms with Crippen molar-refractivity contribution in [3.8, 4) is 11.6 Å². The number of hydrogen-bond acceptors (Lipinski definition) is 4. The van der Waals surface area contributed by atoms with Gasteiger partial charge >= 0.3 is 6.03 Å². The summed E-state index contributed by atoms with van der Waals surface area (Å²) in [6.07, 6.45) is 7.08. The number of pyridine rings is 1. The van der Waals surface area contributed by atoms with Crippen LogP contribution in [0.15, 0.2) is 47.1 Å². The molecular formula is C23H27BrN4O3. The zero-order valence-corrected chi connectivity index (χ0v) is 19.0. The van der Waals surface area contributed by atoms with Crippen LogP contribution in [-0.4, -0.2) is 52.9 Å². The van der Waals surface area contributed by atoms with Crippen molar-refractivity contribution in [2.45, 2.75) is 32.1 Å². The molecule has 1 aliphatic carbocycles. The monoisotopic (exact) mass is 486 g/mol. The highest BCUT2D eigenvalue weighted by atomic mass is 79.9. The van der Waals surface area contributed by atoms with Crippen molar-refractivity contribution in [1.29, 1.82) is 0 Å². The van der Waals surface area contributed by atoms with E-state index in [0.29, 0.717) is 55.8 Å². The van der Waals surface area contributed by atoms with E-state index in [4.69, 9.17) is 4.74 Å². The summed E-state index contributed by atoms with van der Waals surface area (Å²) in [7, 11) is 0. The summed E-state index contributed by atoms with van der Waals surface area (Å²) in [4.78, 5) is 33.0. The lowest BCUT2D eigenvalue weighted by Gasteiger charge is -2.35. The average Bonchev–Trinajstić information content (AvgIpc) is 3.28. The molecule has 2 aliphatic rings. The molecule has 7 nitrogen and oxygen atoms in total. The Hall–Kier alpha value is -2.61. The summed E-state index contributed by atoms with van der Waals surface area (Å²) in [6, 6.07) is 10.8. The first-order valence-corrected chi connectivity index (χ1v) is 11.6. The number of anilines is 1. The number of piperazine rings is 1. The summed E-state index contributed by atoms with van der Waals surface area (Å²) in [5, 5.41) is 2.87. The Balaban J connectivity index is 1.23. The summed E-state index contributed by atoms with van der Waals surface area (Å²) in [5.41, 5.74) is 0.603. The standard InChI is InChI=1S/C23H27BrN4O3/c24-18-6-3-7-20(15-18)31-21-9-8-19(16-25-21)26-23(30)28-12-10-27(11-13-28)22(29)14-17-4-1-2-5-17/h3,6-9,15-17H,1-2,4-5,10-14H2,(H,26,30). The van der Waals surface area contributed by atoms with E-state index in [1.165, 1.54) is 25.7 Å². The molecule has 1 aliphatic heterocycles. The van der Waals surface area contributed by atoms with Gasteiger partial charge in [-0.15, -0.1) is 0 Å². The average molecular weight is 487 g/mol. The van der Waals surface area contributed by atoms with Gasteiger partial charge in [-0.2, -0.15) is 0 Å². The molecule has 31 heavy (non-hydrogen) atoms. The summed E-state index contributed by atoms with van der Waals surface area (Å²) >= 11 is 3.41. The number of aromatic nitrogens is 1. The largest absolute Gasteiger partial charge is 0.439 e. The molecule has 3 amide bonds. The molecule has 2 aromatic rings. The van der Waals surface area contributed by atoms with Crippen molar-refractivity contribution in [3.05, 3.63) is 47.1 Å². The zero-order valence-electron chi connectivity index (χ0n) is 17.4. The van der Waals surface area contributed by atoms with Crippen LogP contribution in [0.25, 0.3) is 0 Å². The Morgan fingerprint density at radius 1 is 1.06 bits per heavy atom. The molecule has 0 spiro atoms. The second kappa shape index (κ2) is 10.1. The van der Waals surface area contributed by atoms with Gasteiger partial charge in [0.2, 0.25) is 11.8 Å². The van der Waals surface area contributed by atoms with Crippen LogP contribution >= 0.6 is 15.9 Å². The van der Waals surface area contributed by atoms with Crippen molar-refractivity contribution < 1.29 is 14.3 Å². The van der Waals surface area contributed by atoms with E-state index in [9.17, 15) is 9.59 Å². The molecule has 2 heterocycles. The molecule has 0 bridgehead atoms. The summed E-state index contributed by atoms with van der Waals surface area (Å²) in [5.74, 6) is 1.92. The molecule has 0 atom stereocenters. The lowest BCUT2D eigenvalue weighted by Crippen LogP contribution is -2.51. The van der Waals surface area contributed by atoms with Crippen molar-refractivity contribution >= 4 is 33.6 Å². The van der Waals surface area contributed by atoms with Gasteiger partial charge in [-0.25, -0.2) is 9.78 Å². The van der Waals surface area contributed by atoms with Crippen LogP contribution in [0.4, 0.5) is 10.5 Å². The summed E-state index contributed by atoms with van der Waals surface area (Å²) < 4.78 is 6.64. The van der Waals surface area contributed by atoms with Crippen LogP contribution < -0.4 is 10.1 Å². The molecule has 1 aromatic carbocycles. The second-order valence-electron chi connectivity index (χ2n) is 8.10. The van der Waals surface area contributed by atoms with Crippen molar-refractivity contribution in [2.24, 2.45) is 5.92 Å². The van der Waals surface area contributed by atoms with E-state index in [1.807, 2.05) is 29.2 Å². The van der Waals surface area contributed by atoms with Gasteiger partial charge in [0, 0.05) is 43.1 Å². The predicted molar refractivity (Wildman–Crippen MR) is 122 cm³/mol. The van der Waals surface area contributed by atoms with E-state index in [-0.39, 0.29) is 11.9 Å². The smallest absolute Gasteiger partial charge is 0.322 e. The van der Waals surface area contributed by atoms with E-state index >= 15 is 0 Å². The number of benzene rings is 1. The highest BCUT2D eigenvalue weighted by Crippen LogP contribution is 2.28. The Morgan fingerprint density at radius 3 is 2.48 bits per heavy atom.